The molecule has 12 heavy (non-hydrogen) atoms. The second-order valence-electron chi connectivity index (χ2n) is 2.71. The summed E-state index contributed by atoms with van der Waals surface area (Å²) in [7, 11) is 0. The van der Waals surface area contributed by atoms with Gasteiger partial charge in [0.25, 0.3) is 0 Å². The minimum absolute atomic E-state index is 0.972. The highest BCUT2D eigenvalue weighted by Crippen LogP contribution is 2.07. The van der Waals surface area contributed by atoms with Crippen molar-refractivity contribution in [3.63, 3.8) is 0 Å². The first kappa shape index (κ1) is 7.10. The van der Waals surface area contributed by atoms with E-state index in [1.54, 1.807) is 6.20 Å². The van der Waals surface area contributed by atoms with Gasteiger partial charge in [-0.25, -0.2) is 4.98 Å². The molecule has 0 radical (unpaired) electrons. The summed E-state index contributed by atoms with van der Waals surface area (Å²) in [4.78, 5) is 4.24. The average Bonchev–Trinajstić information content (AvgIpc) is 2.53. The molecule has 0 aliphatic heterocycles. The van der Waals surface area contributed by atoms with Gasteiger partial charge in [0.05, 0.1) is 0 Å². The summed E-state index contributed by atoms with van der Waals surface area (Å²) < 4.78 is 2.06. The monoisotopic (exact) mass is 158 g/mol. The Labute approximate surface area is 71.5 Å². The Balaban J connectivity index is 2.51. The van der Waals surface area contributed by atoms with Crippen LogP contribution >= 0.6 is 0 Å². The smallest absolute Gasteiger partial charge is 0.136 e. The molecule has 0 amide bonds. The molecule has 0 fully saturated rings. The zero-order valence-electron chi connectivity index (χ0n) is 6.94. The van der Waals surface area contributed by atoms with Crippen molar-refractivity contribution in [1.82, 2.24) is 9.55 Å². The fourth-order valence-electron chi connectivity index (χ4n) is 1.22. The first-order valence-electron chi connectivity index (χ1n) is 3.93. The highest BCUT2D eigenvalue weighted by Gasteiger charge is 1.96. The van der Waals surface area contributed by atoms with Crippen molar-refractivity contribution in [2.45, 2.75) is 6.92 Å². The van der Waals surface area contributed by atoms with Crippen LogP contribution in [-0.4, -0.2) is 9.55 Å². The summed E-state index contributed by atoms with van der Waals surface area (Å²) in [6, 6.07) is 9.98. The van der Waals surface area contributed by atoms with Crippen molar-refractivity contribution < 1.29 is 0 Å². The molecule has 2 rings (SSSR count). The number of hydrogen-bond donors (Lipinski definition) is 0. The van der Waals surface area contributed by atoms with E-state index in [-0.39, 0.29) is 0 Å². The van der Waals surface area contributed by atoms with Crippen LogP contribution in [0.5, 0.6) is 0 Å². The second kappa shape index (κ2) is 2.81. The van der Waals surface area contributed by atoms with Crippen molar-refractivity contribution in [2.24, 2.45) is 0 Å². The Morgan fingerprint density at radius 2 is 2.08 bits per heavy atom. The van der Waals surface area contributed by atoms with Crippen LogP contribution in [0.4, 0.5) is 0 Å². The van der Waals surface area contributed by atoms with Gasteiger partial charge in [-0.1, -0.05) is 6.07 Å². The summed E-state index contributed by atoms with van der Waals surface area (Å²) in [5.74, 6) is 0.972. The first-order chi connectivity index (χ1) is 5.88. The molecular weight excluding hydrogens is 148 g/mol. The van der Waals surface area contributed by atoms with Crippen LogP contribution in [-0.2, 0) is 0 Å². The van der Waals surface area contributed by atoms with Crippen molar-refractivity contribution in [3.8, 4) is 5.82 Å². The van der Waals surface area contributed by atoms with E-state index < -0.39 is 0 Å². The van der Waals surface area contributed by atoms with Crippen LogP contribution < -0.4 is 0 Å². The molecule has 2 aromatic heterocycles. The fourth-order valence-corrected chi connectivity index (χ4v) is 1.22. The summed E-state index contributed by atoms with van der Waals surface area (Å²) in [6.45, 7) is 2.06. The van der Waals surface area contributed by atoms with Crippen LogP contribution in [0.15, 0.2) is 42.7 Å². The number of rotatable bonds is 1. The molecule has 0 unspecified atom stereocenters. The maximum absolute atomic E-state index is 4.24. The Hall–Kier alpha value is -1.57. The van der Waals surface area contributed by atoms with E-state index in [1.807, 2.05) is 30.5 Å². The summed E-state index contributed by atoms with van der Waals surface area (Å²) >= 11 is 0. The molecule has 0 N–H and O–H groups in total. The largest absolute Gasteiger partial charge is 0.306 e. The van der Waals surface area contributed by atoms with Gasteiger partial charge in [0.2, 0.25) is 0 Å². The minimum atomic E-state index is 0.972. The SMILES string of the molecule is Cc1cccn1-c1ccccn1. The average molecular weight is 158 g/mol. The number of aryl methyl sites for hydroxylation is 1. The van der Waals surface area contributed by atoms with Gasteiger partial charge in [-0.3, -0.25) is 0 Å². The van der Waals surface area contributed by atoms with Crippen molar-refractivity contribution in [1.29, 1.82) is 0 Å². The number of hydrogen-bond acceptors (Lipinski definition) is 1. The third kappa shape index (κ3) is 1.11. The van der Waals surface area contributed by atoms with E-state index >= 15 is 0 Å². The van der Waals surface area contributed by atoms with Gasteiger partial charge >= 0.3 is 0 Å². The van der Waals surface area contributed by atoms with Gasteiger partial charge in [-0.2, -0.15) is 0 Å². The van der Waals surface area contributed by atoms with E-state index in [2.05, 4.69) is 22.5 Å². The van der Waals surface area contributed by atoms with Crippen molar-refractivity contribution in [3.05, 3.63) is 48.4 Å². The number of pyridine rings is 1. The quantitative estimate of drug-likeness (QED) is 0.622. The topological polar surface area (TPSA) is 17.8 Å². The molecule has 0 saturated heterocycles. The van der Waals surface area contributed by atoms with Crippen LogP contribution in [0, 0.1) is 6.92 Å². The van der Waals surface area contributed by atoms with Crippen LogP contribution in [0.1, 0.15) is 5.69 Å². The molecule has 0 aromatic carbocycles. The first-order valence-corrected chi connectivity index (χ1v) is 3.93. The zero-order valence-corrected chi connectivity index (χ0v) is 6.94. The molecule has 0 atom stereocenters. The molecule has 2 heterocycles. The Morgan fingerprint density at radius 1 is 1.17 bits per heavy atom. The molecule has 2 nitrogen and oxygen atoms in total. The highest BCUT2D eigenvalue weighted by molar-refractivity contribution is 5.26. The van der Waals surface area contributed by atoms with Gasteiger partial charge in [-0.05, 0) is 31.2 Å². The molecule has 0 spiro atoms. The molecule has 2 aromatic rings. The maximum Gasteiger partial charge on any atom is 0.136 e. The summed E-state index contributed by atoms with van der Waals surface area (Å²) in [5, 5.41) is 0. The van der Waals surface area contributed by atoms with Gasteiger partial charge in [0, 0.05) is 18.1 Å². The van der Waals surface area contributed by atoms with Gasteiger partial charge in [0.1, 0.15) is 5.82 Å². The Bertz CT molecular complexity index is 362. The van der Waals surface area contributed by atoms with Gasteiger partial charge in [0.15, 0.2) is 0 Å². The number of aromatic nitrogens is 2. The predicted molar refractivity (Wildman–Crippen MR) is 48.3 cm³/mol. The lowest BCUT2D eigenvalue weighted by Gasteiger charge is -2.02. The second-order valence-corrected chi connectivity index (χ2v) is 2.71. The minimum Gasteiger partial charge on any atom is -0.306 e. The van der Waals surface area contributed by atoms with E-state index in [1.165, 1.54) is 5.69 Å². The molecule has 2 heteroatoms. The summed E-state index contributed by atoms with van der Waals surface area (Å²) in [5.41, 5.74) is 1.20. The third-order valence-corrected chi connectivity index (χ3v) is 1.85. The molecule has 0 bridgehead atoms. The van der Waals surface area contributed by atoms with Crippen LogP contribution in [0.2, 0.25) is 0 Å². The van der Waals surface area contributed by atoms with Crippen molar-refractivity contribution in [2.75, 3.05) is 0 Å². The van der Waals surface area contributed by atoms with E-state index in [0.717, 1.165) is 5.82 Å². The predicted octanol–water partition coefficient (Wildman–Crippen LogP) is 2.18. The molecular formula is C10H10N2. The van der Waals surface area contributed by atoms with Crippen molar-refractivity contribution >= 4 is 0 Å². The normalized spacial score (nSPS) is 10.1. The van der Waals surface area contributed by atoms with Crippen LogP contribution in [0.25, 0.3) is 5.82 Å². The molecule has 0 aliphatic rings. The summed E-state index contributed by atoms with van der Waals surface area (Å²) in [6.07, 6.45) is 3.81. The molecule has 0 saturated carbocycles. The zero-order chi connectivity index (χ0) is 8.39. The molecule has 60 valence electrons. The van der Waals surface area contributed by atoms with E-state index in [0.29, 0.717) is 0 Å². The lowest BCUT2D eigenvalue weighted by Crippen LogP contribution is -1.96. The Morgan fingerprint density at radius 3 is 2.67 bits per heavy atom. The standard InChI is InChI=1S/C10H10N2/c1-9-5-4-8-12(9)10-6-2-3-7-11-10/h2-8H,1H3. The fraction of sp³-hybridized carbons (Fsp3) is 0.100. The Kier molecular flexibility index (Phi) is 1.67. The molecule has 0 aliphatic carbocycles. The maximum atomic E-state index is 4.24. The lowest BCUT2D eigenvalue weighted by atomic mass is 10.4. The highest BCUT2D eigenvalue weighted by atomic mass is 15.0. The van der Waals surface area contributed by atoms with Crippen LogP contribution in [0.3, 0.4) is 0 Å². The van der Waals surface area contributed by atoms with E-state index in [4.69, 9.17) is 0 Å². The van der Waals surface area contributed by atoms with Gasteiger partial charge < -0.3 is 4.57 Å². The third-order valence-electron chi connectivity index (χ3n) is 1.85. The van der Waals surface area contributed by atoms with Gasteiger partial charge in [-0.15, -0.1) is 0 Å². The lowest BCUT2D eigenvalue weighted by molar-refractivity contribution is 0.962. The van der Waals surface area contributed by atoms with E-state index in [9.17, 15) is 0 Å². The number of nitrogens with zero attached hydrogens (tertiary/aromatic N) is 2.